The zero-order valence-corrected chi connectivity index (χ0v) is 17.7. The summed E-state index contributed by atoms with van der Waals surface area (Å²) in [4.78, 5) is 16.5. The summed E-state index contributed by atoms with van der Waals surface area (Å²) < 4.78 is 38.8. The molecule has 29 heavy (non-hydrogen) atoms. The van der Waals surface area contributed by atoms with Crippen LogP contribution in [0.25, 0.3) is 0 Å². The van der Waals surface area contributed by atoms with Crippen molar-refractivity contribution in [3.63, 3.8) is 0 Å². The van der Waals surface area contributed by atoms with Gasteiger partial charge in [-0.3, -0.25) is 4.79 Å². The third-order valence-electron chi connectivity index (χ3n) is 4.74. The lowest BCUT2D eigenvalue weighted by Gasteiger charge is -2.31. The van der Waals surface area contributed by atoms with E-state index in [1.165, 1.54) is 4.31 Å². The summed E-state index contributed by atoms with van der Waals surface area (Å²) in [5.41, 5.74) is 2.81. The van der Waals surface area contributed by atoms with Crippen LogP contribution in [-0.2, 0) is 14.9 Å². The lowest BCUT2D eigenvalue weighted by molar-refractivity contribution is 0.0386. The van der Waals surface area contributed by atoms with E-state index in [9.17, 15) is 13.2 Å². The van der Waals surface area contributed by atoms with Crippen LogP contribution >= 0.6 is 0 Å². The van der Waals surface area contributed by atoms with E-state index in [0.717, 1.165) is 23.1 Å². The molecule has 1 aromatic carbocycles. The molecule has 0 radical (unpaired) electrons. The first-order valence-corrected chi connectivity index (χ1v) is 10.9. The van der Waals surface area contributed by atoms with Crippen molar-refractivity contribution < 1.29 is 22.4 Å². The number of benzene rings is 1. The predicted octanol–water partition coefficient (Wildman–Crippen LogP) is 2.55. The fraction of sp³-hybridized carbons (Fsp3) is 0.474. The monoisotopic (exact) mass is 422 g/mol. The third-order valence-corrected chi connectivity index (χ3v) is 6.35. The van der Waals surface area contributed by atoms with Crippen LogP contribution in [0.5, 0.6) is 0 Å². The summed E-state index contributed by atoms with van der Waals surface area (Å²) in [7, 11) is -4.00. The minimum Gasteiger partial charge on any atom is -0.431 e. The topological polar surface area (TPSA) is 114 Å². The van der Waals surface area contributed by atoms with Gasteiger partial charge in [-0.1, -0.05) is 26.0 Å². The molecule has 0 aliphatic carbocycles. The summed E-state index contributed by atoms with van der Waals surface area (Å²) in [6.45, 7) is 8.60. The second kappa shape index (κ2) is 8.52. The van der Waals surface area contributed by atoms with Gasteiger partial charge in [0.2, 0.25) is 0 Å². The Kier molecular flexibility index (Phi) is 6.25. The number of aromatic nitrogens is 1. The number of anilines is 2. The maximum absolute atomic E-state index is 12.5. The molecule has 1 aromatic heterocycles. The van der Waals surface area contributed by atoms with Crippen LogP contribution in [0.2, 0.25) is 0 Å². The van der Waals surface area contributed by atoms with E-state index in [0.29, 0.717) is 5.92 Å². The third kappa shape index (κ3) is 4.95. The summed E-state index contributed by atoms with van der Waals surface area (Å²) in [6, 6.07) is 5.78. The SMILES string of the molecule is Cc1ccc(C(C)C)cc1Nc1nc(C(=O)NS(=O)(=O)N2CCOCC2C)co1. The molecule has 10 heteroatoms. The van der Waals surface area contributed by atoms with Crippen molar-refractivity contribution in [1.82, 2.24) is 14.0 Å². The average molecular weight is 423 g/mol. The summed E-state index contributed by atoms with van der Waals surface area (Å²) in [5.74, 6) is -0.497. The second-order valence-electron chi connectivity index (χ2n) is 7.36. The maximum Gasteiger partial charge on any atom is 0.304 e. The Hall–Kier alpha value is -2.43. The van der Waals surface area contributed by atoms with Crippen LogP contribution in [0.15, 0.2) is 28.9 Å². The van der Waals surface area contributed by atoms with Crippen molar-refractivity contribution in [2.75, 3.05) is 25.1 Å². The van der Waals surface area contributed by atoms with Crippen molar-refractivity contribution in [2.24, 2.45) is 0 Å². The van der Waals surface area contributed by atoms with E-state index < -0.39 is 16.1 Å². The van der Waals surface area contributed by atoms with Gasteiger partial charge in [0.25, 0.3) is 11.9 Å². The van der Waals surface area contributed by atoms with Gasteiger partial charge < -0.3 is 14.5 Å². The van der Waals surface area contributed by atoms with Gasteiger partial charge in [-0.25, -0.2) is 4.72 Å². The number of amides is 1. The van der Waals surface area contributed by atoms with E-state index in [2.05, 4.69) is 30.2 Å². The minimum absolute atomic E-state index is 0.108. The van der Waals surface area contributed by atoms with Crippen LogP contribution in [0.4, 0.5) is 11.7 Å². The molecule has 0 spiro atoms. The first-order chi connectivity index (χ1) is 13.7. The van der Waals surface area contributed by atoms with Crippen LogP contribution in [-0.4, -0.2) is 49.4 Å². The maximum atomic E-state index is 12.5. The quantitative estimate of drug-likeness (QED) is 0.735. The number of hydrogen-bond donors (Lipinski definition) is 2. The van der Waals surface area contributed by atoms with Crippen molar-refractivity contribution in [3.05, 3.63) is 41.3 Å². The van der Waals surface area contributed by atoms with Crippen LogP contribution in [0.3, 0.4) is 0 Å². The number of aryl methyl sites for hydroxylation is 1. The zero-order valence-electron chi connectivity index (χ0n) is 16.9. The van der Waals surface area contributed by atoms with Gasteiger partial charge in [0.15, 0.2) is 5.69 Å². The van der Waals surface area contributed by atoms with Crippen molar-refractivity contribution >= 4 is 27.8 Å². The lowest BCUT2D eigenvalue weighted by Crippen LogP contribution is -2.52. The normalized spacial score (nSPS) is 18.0. The largest absolute Gasteiger partial charge is 0.431 e. The van der Waals surface area contributed by atoms with E-state index in [1.54, 1.807) is 6.92 Å². The number of nitrogens with zero attached hydrogens (tertiary/aromatic N) is 2. The Bertz CT molecular complexity index is 986. The van der Waals surface area contributed by atoms with E-state index >= 15 is 0 Å². The average Bonchev–Trinajstić information content (AvgIpc) is 3.12. The molecule has 1 amide bonds. The number of hydrogen-bond acceptors (Lipinski definition) is 7. The van der Waals surface area contributed by atoms with Crippen LogP contribution in [0, 0.1) is 6.92 Å². The van der Waals surface area contributed by atoms with E-state index in [4.69, 9.17) is 9.15 Å². The number of carbonyl (C=O) groups excluding carboxylic acids is 1. The van der Waals surface area contributed by atoms with Gasteiger partial charge in [0, 0.05) is 18.3 Å². The zero-order chi connectivity index (χ0) is 21.2. The smallest absolute Gasteiger partial charge is 0.304 e. The molecule has 1 fully saturated rings. The van der Waals surface area contributed by atoms with E-state index in [1.807, 2.05) is 23.8 Å². The lowest BCUT2D eigenvalue weighted by atomic mass is 10.0. The van der Waals surface area contributed by atoms with Crippen LogP contribution in [0.1, 0.15) is 48.3 Å². The molecular weight excluding hydrogens is 396 g/mol. The number of ether oxygens (including phenoxy) is 1. The summed E-state index contributed by atoms with van der Waals surface area (Å²) in [6.07, 6.45) is 1.12. The standard InChI is InChI=1S/C19H26N4O5S/c1-12(2)15-6-5-13(3)16(9-15)20-19-21-17(11-28-19)18(24)22-29(25,26)23-7-8-27-10-14(23)4/h5-6,9,11-12,14H,7-8,10H2,1-4H3,(H,20,21)(H,22,24). The molecule has 1 saturated heterocycles. The molecule has 2 aromatic rings. The first-order valence-electron chi connectivity index (χ1n) is 9.42. The number of nitrogens with one attached hydrogen (secondary N) is 2. The highest BCUT2D eigenvalue weighted by Gasteiger charge is 2.32. The molecule has 9 nitrogen and oxygen atoms in total. The number of morpholine rings is 1. The van der Waals surface area contributed by atoms with Gasteiger partial charge in [-0.05, 0) is 37.0 Å². The summed E-state index contributed by atoms with van der Waals surface area (Å²) in [5, 5.41) is 3.04. The van der Waals surface area contributed by atoms with Crippen molar-refractivity contribution in [2.45, 2.75) is 39.7 Å². The Labute approximate surface area is 170 Å². The molecule has 0 bridgehead atoms. The Morgan fingerprint density at radius 3 is 2.79 bits per heavy atom. The molecule has 3 rings (SSSR count). The molecule has 158 valence electrons. The van der Waals surface area contributed by atoms with Gasteiger partial charge in [0.1, 0.15) is 6.26 Å². The first kappa shape index (κ1) is 21.3. The highest BCUT2D eigenvalue weighted by Crippen LogP contribution is 2.25. The fourth-order valence-corrected chi connectivity index (χ4v) is 4.29. The Morgan fingerprint density at radius 1 is 1.34 bits per heavy atom. The molecule has 2 heterocycles. The molecule has 0 saturated carbocycles. The van der Waals surface area contributed by atoms with Gasteiger partial charge in [0.05, 0.1) is 13.2 Å². The number of rotatable bonds is 6. The molecule has 1 aliphatic rings. The van der Waals surface area contributed by atoms with E-state index in [-0.39, 0.29) is 37.5 Å². The minimum atomic E-state index is -4.00. The summed E-state index contributed by atoms with van der Waals surface area (Å²) >= 11 is 0. The number of oxazole rings is 1. The van der Waals surface area contributed by atoms with Gasteiger partial charge >= 0.3 is 10.2 Å². The molecule has 1 aliphatic heterocycles. The van der Waals surface area contributed by atoms with Crippen LogP contribution < -0.4 is 10.0 Å². The molecule has 1 atom stereocenters. The highest BCUT2D eigenvalue weighted by molar-refractivity contribution is 7.87. The van der Waals surface area contributed by atoms with Gasteiger partial charge in [-0.15, -0.1) is 0 Å². The molecule has 1 unspecified atom stereocenters. The predicted molar refractivity (Wildman–Crippen MR) is 108 cm³/mol. The Morgan fingerprint density at radius 2 is 2.10 bits per heavy atom. The number of carbonyl (C=O) groups is 1. The van der Waals surface area contributed by atoms with Crippen molar-refractivity contribution in [3.8, 4) is 0 Å². The Balaban J connectivity index is 1.71. The van der Waals surface area contributed by atoms with Crippen molar-refractivity contribution in [1.29, 1.82) is 0 Å². The molecule has 2 N–H and O–H groups in total. The molecular formula is C19H26N4O5S. The second-order valence-corrected chi connectivity index (χ2v) is 8.99. The fourth-order valence-electron chi connectivity index (χ4n) is 2.98. The highest BCUT2D eigenvalue weighted by atomic mass is 32.2. The van der Waals surface area contributed by atoms with Gasteiger partial charge in [-0.2, -0.15) is 17.7 Å².